The van der Waals surface area contributed by atoms with Gasteiger partial charge in [-0.25, -0.2) is 4.79 Å². The van der Waals surface area contributed by atoms with Gasteiger partial charge in [-0.2, -0.15) is 0 Å². The highest BCUT2D eigenvalue weighted by Crippen LogP contribution is 2.46. The Kier molecular flexibility index (Phi) is 5.78. The first-order chi connectivity index (χ1) is 17.0. The van der Waals surface area contributed by atoms with Crippen LogP contribution in [0.1, 0.15) is 17.0 Å². The second-order valence-corrected chi connectivity index (χ2v) is 7.98. The Morgan fingerprint density at radius 1 is 0.886 bits per heavy atom. The second kappa shape index (κ2) is 9.06. The standard InChI is InChI=1S/C27H23NO7/c1-31-17-11-9-16(10-12-17)28-26(29)25-22(15-8-13-20(32-2)21(14-15)33-3)23-24(35-25)18-6-4-5-7-19(18)34-27(23)30/h4-14,22,25H,1-3H3,(H,28,29). The predicted octanol–water partition coefficient (Wildman–Crippen LogP) is 4.35. The molecule has 2 unspecified atom stereocenters. The van der Waals surface area contributed by atoms with Crippen LogP contribution in [0.15, 0.2) is 75.9 Å². The lowest BCUT2D eigenvalue weighted by atomic mass is 9.88. The Balaban J connectivity index is 1.62. The van der Waals surface area contributed by atoms with Gasteiger partial charge < -0.3 is 28.7 Å². The van der Waals surface area contributed by atoms with Crippen LogP contribution >= 0.6 is 0 Å². The molecular weight excluding hydrogens is 450 g/mol. The van der Waals surface area contributed by atoms with Crippen molar-refractivity contribution in [3.63, 3.8) is 0 Å². The number of carbonyl (C=O) groups is 1. The maximum atomic E-state index is 13.5. The zero-order valence-corrected chi connectivity index (χ0v) is 19.4. The molecule has 4 aromatic rings. The summed E-state index contributed by atoms with van der Waals surface area (Å²) in [5.74, 6) is 0.864. The van der Waals surface area contributed by atoms with Gasteiger partial charge in [0.2, 0.25) is 0 Å². The largest absolute Gasteiger partial charge is 0.497 e. The Morgan fingerprint density at radius 2 is 1.63 bits per heavy atom. The van der Waals surface area contributed by atoms with Crippen molar-refractivity contribution in [2.45, 2.75) is 12.0 Å². The van der Waals surface area contributed by atoms with Gasteiger partial charge in [-0.1, -0.05) is 18.2 Å². The third-order valence-corrected chi connectivity index (χ3v) is 6.04. The second-order valence-electron chi connectivity index (χ2n) is 7.98. The number of nitrogens with one attached hydrogen (secondary N) is 1. The predicted molar refractivity (Wildman–Crippen MR) is 130 cm³/mol. The SMILES string of the molecule is COc1ccc(NC(=O)C2Oc3c(c(=O)oc4ccccc34)C2c2ccc(OC)c(OC)c2)cc1. The number of benzene rings is 3. The van der Waals surface area contributed by atoms with E-state index in [-0.39, 0.29) is 5.56 Å². The molecule has 1 aliphatic rings. The highest BCUT2D eigenvalue weighted by Gasteiger charge is 2.44. The van der Waals surface area contributed by atoms with E-state index in [0.29, 0.717) is 45.2 Å². The van der Waals surface area contributed by atoms with E-state index < -0.39 is 23.6 Å². The Hall–Kier alpha value is -4.46. The molecular formula is C27H23NO7. The first kappa shape index (κ1) is 22.3. The lowest BCUT2D eigenvalue weighted by Gasteiger charge is -2.20. The number of para-hydroxylation sites is 1. The molecule has 0 aliphatic carbocycles. The van der Waals surface area contributed by atoms with Crippen LogP contribution in [0.25, 0.3) is 11.0 Å². The summed E-state index contributed by atoms with van der Waals surface area (Å²) in [6.07, 6.45) is -1.03. The first-order valence-electron chi connectivity index (χ1n) is 10.9. The number of ether oxygens (including phenoxy) is 4. The van der Waals surface area contributed by atoms with Crippen molar-refractivity contribution in [3.05, 3.63) is 88.3 Å². The van der Waals surface area contributed by atoms with Crippen molar-refractivity contribution in [1.29, 1.82) is 0 Å². The Labute approximate surface area is 201 Å². The van der Waals surface area contributed by atoms with Gasteiger partial charge in [0, 0.05) is 5.69 Å². The quantitative estimate of drug-likeness (QED) is 0.416. The van der Waals surface area contributed by atoms with Gasteiger partial charge in [-0.05, 0) is 54.1 Å². The van der Waals surface area contributed by atoms with E-state index in [1.165, 1.54) is 14.2 Å². The monoisotopic (exact) mass is 473 g/mol. The fourth-order valence-corrected chi connectivity index (χ4v) is 4.36. The number of amides is 1. The van der Waals surface area contributed by atoms with Gasteiger partial charge in [0.15, 0.2) is 17.6 Å². The highest BCUT2D eigenvalue weighted by molar-refractivity contribution is 5.97. The zero-order valence-electron chi connectivity index (χ0n) is 19.4. The molecule has 0 bridgehead atoms. The molecule has 0 saturated carbocycles. The van der Waals surface area contributed by atoms with Crippen molar-refractivity contribution in [3.8, 4) is 23.0 Å². The van der Waals surface area contributed by atoms with Crippen LogP contribution in [-0.4, -0.2) is 33.3 Å². The minimum Gasteiger partial charge on any atom is -0.497 e. The summed E-state index contributed by atoms with van der Waals surface area (Å²) in [5.41, 5.74) is 1.33. The van der Waals surface area contributed by atoms with Crippen LogP contribution in [-0.2, 0) is 4.79 Å². The lowest BCUT2D eigenvalue weighted by molar-refractivity contribution is -0.122. The highest BCUT2D eigenvalue weighted by atomic mass is 16.5. The van der Waals surface area contributed by atoms with E-state index in [0.717, 1.165) is 0 Å². The summed E-state index contributed by atoms with van der Waals surface area (Å²) in [4.78, 5) is 26.6. The third kappa shape index (κ3) is 3.93. The van der Waals surface area contributed by atoms with Crippen LogP contribution in [0.4, 0.5) is 5.69 Å². The molecule has 0 saturated heterocycles. The number of methoxy groups -OCH3 is 3. The summed E-state index contributed by atoms with van der Waals surface area (Å²) >= 11 is 0. The van der Waals surface area contributed by atoms with Gasteiger partial charge in [0.25, 0.3) is 5.91 Å². The minimum absolute atomic E-state index is 0.283. The molecule has 0 radical (unpaired) electrons. The average Bonchev–Trinajstić information content (AvgIpc) is 3.30. The fourth-order valence-electron chi connectivity index (χ4n) is 4.36. The van der Waals surface area contributed by atoms with Crippen LogP contribution in [0.2, 0.25) is 0 Å². The molecule has 0 spiro atoms. The third-order valence-electron chi connectivity index (χ3n) is 6.04. The molecule has 2 atom stereocenters. The smallest absolute Gasteiger partial charge is 0.344 e. The van der Waals surface area contributed by atoms with E-state index in [1.54, 1.807) is 67.8 Å². The van der Waals surface area contributed by atoms with E-state index in [2.05, 4.69) is 5.32 Å². The molecule has 5 rings (SSSR count). The maximum absolute atomic E-state index is 13.5. The number of fused-ring (bicyclic) bond motifs is 3. The van der Waals surface area contributed by atoms with Crippen molar-refractivity contribution in [1.82, 2.24) is 0 Å². The summed E-state index contributed by atoms with van der Waals surface area (Å²) in [7, 11) is 4.63. The summed E-state index contributed by atoms with van der Waals surface area (Å²) in [5, 5.41) is 3.50. The van der Waals surface area contributed by atoms with E-state index in [9.17, 15) is 9.59 Å². The van der Waals surface area contributed by atoms with Gasteiger partial charge in [0.1, 0.15) is 17.1 Å². The molecule has 1 amide bonds. The van der Waals surface area contributed by atoms with Gasteiger partial charge in [-0.15, -0.1) is 0 Å². The van der Waals surface area contributed by atoms with E-state index in [1.807, 2.05) is 6.07 Å². The van der Waals surface area contributed by atoms with Crippen LogP contribution < -0.4 is 29.9 Å². The fraction of sp³-hybridized carbons (Fsp3) is 0.185. The number of hydrogen-bond donors (Lipinski definition) is 1. The number of anilines is 1. The molecule has 8 nitrogen and oxygen atoms in total. The van der Waals surface area contributed by atoms with Crippen LogP contribution in [0.3, 0.4) is 0 Å². The number of carbonyl (C=O) groups excluding carboxylic acids is 1. The molecule has 1 aliphatic heterocycles. The van der Waals surface area contributed by atoms with E-state index >= 15 is 0 Å². The van der Waals surface area contributed by atoms with Crippen LogP contribution in [0.5, 0.6) is 23.0 Å². The van der Waals surface area contributed by atoms with Gasteiger partial charge >= 0.3 is 5.63 Å². The van der Waals surface area contributed by atoms with Crippen molar-refractivity contribution in [2.75, 3.05) is 26.6 Å². The topological polar surface area (TPSA) is 96.2 Å². The van der Waals surface area contributed by atoms with Crippen molar-refractivity contribution in [2.24, 2.45) is 0 Å². The zero-order chi connectivity index (χ0) is 24.5. The van der Waals surface area contributed by atoms with Crippen LogP contribution in [0, 0.1) is 0 Å². The maximum Gasteiger partial charge on any atom is 0.344 e. The Bertz CT molecular complexity index is 1460. The minimum atomic E-state index is -1.03. The molecule has 2 heterocycles. The molecule has 3 aromatic carbocycles. The molecule has 8 heteroatoms. The molecule has 1 aromatic heterocycles. The van der Waals surface area contributed by atoms with E-state index in [4.69, 9.17) is 23.4 Å². The van der Waals surface area contributed by atoms with Crippen molar-refractivity contribution >= 4 is 22.6 Å². The molecule has 178 valence electrons. The lowest BCUT2D eigenvalue weighted by Crippen LogP contribution is -2.35. The van der Waals surface area contributed by atoms with Gasteiger partial charge in [-0.3, -0.25) is 4.79 Å². The number of rotatable bonds is 6. The first-order valence-corrected chi connectivity index (χ1v) is 10.9. The van der Waals surface area contributed by atoms with Gasteiger partial charge in [0.05, 0.1) is 38.2 Å². The van der Waals surface area contributed by atoms with Crippen molar-refractivity contribution < 1.29 is 28.2 Å². The molecule has 35 heavy (non-hydrogen) atoms. The summed E-state index contributed by atoms with van der Waals surface area (Å²) in [6, 6.07) is 19.3. The summed E-state index contributed by atoms with van der Waals surface area (Å²) in [6.45, 7) is 0. The molecule has 0 fully saturated rings. The average molecular weight is 473 g/mol. The Morgan fingerprint density at radius 3 is 2.34 bits per heavy atom. The number of hydrogen-bond acceptors (Lipinski definition) is 7. The molecule has 1 N–H and O–H groups in total. The summed E-state index contributed by atoms with van der Waals surface area (Å²) < 4.78 is 27.8. The normalized spacial score (nSPS) is 16.3.